The molecule has 0 aliphatic heterocycles. The summed E-state index contributed by atoms with van der Waals surface area (Å²) in [5.41, 5.74) is 5.68. The molecule has 176 valence electrons. The molecule has 0 bridgehead atoms. The molecule has 0 aliphatic carbocycles. The number of para-hydroxylation sites is 4. The summed E-state index contributed by atoms with van der Waals surface area (Å²) in [5, 5.41) is 4.63. The summed E-state index contributed by atoms with van der Waals surface area (Å²) in [5.74, 6) is 0. The van der Waals surface area contributed by atoms with Gasteiger partial charge in [0.2, 0.25) is 0 Å². The Morgan fingerprint density at radius 1 is 0.500 bits per heavy atom. The Bertz CT molecular complexity index is 1390. The van der Waals surface area contributed by atoms with E-state index in [1.807, 2.05) is 78.3 Å². The van der Waals surface area contributed by atoms with Gasteiger partial charge in [0, 0.05) is 10.1 Å². The van der Waals surface area contributed by atoms with Crippen molar-refractivity contribution < 1.29 is 8.83 Å². The van der Waals surface area contributed by atoms with E-state index >= 15 is 0 Å². The summed E-state index contributed by atoms with van der Waals surface area (Å²) in [7, 11) is 0. The molecule has 0 amide bonds. The van der Waals surface area contributed by atoms with Crippen molar-refractivity contribution in [2.24, 2.45) is 0 Å². The third kappa shape index (κ3) is 6.05. The Morgan fingerprint density at radius 3 is 1.97 bits per heavy atom. The van der Waals surface area contributed by atoms with Gasteiger partial charge >= 0.3 is 0 Å². The van der Waals surface area contributed by atoms with Gasteiger partial charge in [0.1, 0.15) is 11.1 Å². The smallest absolute Gasteiger partial charge is 0.181 e. The molecule has 0 atom stereocenters. The van der Waals surface area contributed by atoms with E-state index < -0.39 is 0 Å². The monoisotopic (exact) mass is 506 g/mol. The third-order valence-corrected chi connectivity index (χ3v) is 6.90. The first-order valence-electron chi connectivity index (χ1n) is 11.3. The van der Waals surface area contributed by atoms with Crippen LogP contribution >= 0.6 is 22.7 Å². The van der Waals surface area contributed by atoms with Crippen molar-refractivity contribution in [2.75, 3.05) is 0 Å². The van der Waals surface area contributed by atoms with Crippen LogP contribution in [0.4, 0.5) is 0 Å². The number of benzene rings is 4. The molecular formula is C30H22N2O2S2. The summed E-state index contributed by atoms with van der Waals surface area (Å²) in [6.45, 7) is 0. The van der Waals surface area contributed by atoms with E-state index in [1.165, 1.54) is 21.2 Å². The molecule has 4 heterocycles. The molecule has 4 nitrogen and oxygen atoms in total. The van der Waals surface area contributed by atoms with E-state index in [1.54, 1.807) is 28.9 Å². The molecule has 0 saturated heterocycles. The molecule has 4 aromatic heterocycles. The van der Waals surface area contributed by atoms with Crippen molar-refractivity contribution in [3.63, 3.8) is 0 Å². The van der Waals surface area contributed by atoms with Gasteiger partial charge in [-0.05, 0) is 59.3 Å². The molecule has 4 aromatic carbocycles. The van der Waals surface area contributed by atoms with E-state index in [0.29, 0.717) is 0 Å². The molecule has 0 radical (unpaired) electrons. The lowest BCUT2D eigenvalue weighted by atomic mass is 10.3. The molecule has 0 fully saturated rings. The van der Waals surface area contributed by atoms with Gasteiger partial charge in [0.05, 0.1) is 22.0 Å². The van der Waals surface area contributed by atoms with Crippen LogP contribution in [0.2, 0.25) is 0 Å². The Labute approximate surface area is 216 Å². The van der Waals surface area contributed by atoms with Gasteiger partial charge in [-0.15, -0.1) is 22.7 Å². The average Bonchev–Trinajstić information content (AvgIpc) is 3.76. The standard InChI is InChI=1S/C8H6O.C8H6S.C7H5NO.C7H5NS/c2*1-2-4-8-7(3-1)5-6-9-8;2*1-2-4-7-6(3-1)8-5-9-7/h2*1-6H;2*1-5H. The van der Waals surface area contributed by atoms with Crippen molar-refractivity contribution in [3.8, 4) is 0 Å². The summed E-state index contributed by atoms with van der Waals surface area (Å²) in [6, 6.07) is 36.2. The molecular weight excluding hydrogens is 484 g/mol. The van der Waals surface area contributed by atoms with Crippen molar-refractivity contribution in [1.29, 1.82) is 0 Å². The highest BCUT2D eigenvalue weighted by molar-refractivity contribution is 7.17. The molecule has 6 heteroatoms. The molecule has 8 aromatic rings. The predicted molar refractivity (Wildman–Crippen MR) is 152 cm³/mol. The quantitative estimate of drug-likeness (QED) is 0.205. The summed E-state index contributed by atoms with van der Waals surface area (Å²) < 4.78 is 12.8. The van der Waals surface area contributed by atoms with Crippen LogP contribution in [0, 0.1) is 0 Å². The van der Waals surface area contributed by atoms with Gasteiger partial charge in [0.25, 0.3) is 0 Å². The molecule has 36 heavy (non-hydrogen) atoms. The summed E-state index contributed by atoms with van der Waals surface area (Å²) in [4.78, 5) is 8.09. The first-order valence-corrected chi connectivity index (χ1v) is 13.0. The fraction of sp³-hybridized carbons (Fsp3) is 0. The van der Waals surface area contributed by atoms with E-state index in [9.17, 15) is 0 Å². The van der Waals surface area contributed by atoms with Crippen LogP contribution < -0.4 is 0 Å². The van der Waals surface area contributed by atoms with Crippen LogP contribution in [0.1, 0.15) is 0 Å². The molecule has 0 spiro atoms. The minimum atomic E-state index is 0.845. The van der Waals surface area contributed by atoms with E-state index in [-0.39, 0.29) is 0 Å². The number of thiazole rings is 1. The Morgan fingerprint density at radius 2 is 1.19 bits per heavy atom. The van der Waals surface area contributed by atoms with Gasteiger partial charge in [-0.1, -0.05) is 60.7 Å². The maximum atomic E-state index is 5.12. The predicted octanol–water partition coefficient (Wildman–Crippen LogP) is 9.46. The van der Waals surface area contributed by atoms with Crippen LogP contribution in [-0.4, -0.2) is 9.97 Å². The Kier molecular flexibility index (Phi) is 7.78. The lowest BCUT2D eigenvalue weighted by Crippen LogP contribution is -1.61. The molecule has 0 unspecified atom stereocenters. The average molecular weight is 507 g/mol. The second kappa shape index (κ2) is 11.9. The largest absolute Gasteiger partial charge is 0.464 e. The second-order valence-corrected chi connectivity index (χ2v) is 9.39. The Balaban J connectivity index is 0.0000000988. The van der Waals surface area contributed by atoms with Gasteiger partial charge in [-0.25, -0.2) is 9.97 Å². The van der Waals surface area contributed by atoms with Gasteiger partial charge in [0.15, 0.2) is 12.0 Å². The van der Waals surface area contributed by atoms with E-state index in [0.717, 1.165) is 27.6 Å². The van der Waals surface area contributed by atoms with Crippen LogP contribution in [0.5, 0.6) is 0 Å². The number of oxazole rings is 1. The molecule has 8 rings (SSSR count). The number of nitrogens with zero attached hydrogens (tertiary/aromatic N) is 2. The first-order chi connectivity index (χ1) is 17.9. The minimum absolute atomic E-state index is 0.845. The van der Waals surface area contributed by atoms with Gasteiger partial charge < -0.3 is 8.83 Å². The number of furan rings is 1. The van der Waals surface area contributed by atoms with E-state index in [4.69, 9.17) is 8.83 Å². The van der Waals surface area contributed by atoms with Crippen molar-refractivity contribution >= 4 is 65.0 Å². The third-order valence-electron chi connectivity index (χ3n) is 5.20. The van der Waals surface area contributed by atoms with Crippen LogP contribution in [0.3, 0.4) is 0 Å². The number of fused-ring (bicyclic) bond motifs is 4. The minimum Gasteiger partial charge on any atom is -0.464 e. The lowest BCUT2D eigenvalue weighted by Gasteiger charge is -1.82. The van der Waals surface area contributed by atoms with E-state index in [2.05, 4.69) is 51.7 Å². The first kappa shape index (κ1) is 23.5. The second-order valence-electron chi connectivity index (χ2n) is 7.56. The fourth-order valence-corrected chi connectivity index (χ4v) is 4.89. The normalized spacial score (nSPS) is 10.2. The summed E-state index contributed by atoms with van der Waals surface area (Å²) in [6.07, 6.45) is 3.15. The maximum Gasteiger partial charge on any atom is 0.181 e. The van der Waals surface area contributed by atoms with Crippen LogP contribution in [0.25, 0.3) is 42.4 Å². The number of rotatable bonds is 0. The van der Waals surface area contributed by atoms with Crippen LogP contribution in [0.15, 0.2) is 142 Å². The number of hydrogen-bond acceptors (Lipinski definition) is 6. The SMILES string of the molecule is c1ccc2occc2c1.c1ccc2ocnc2c1.c1ccc2sccc2c1.c1ccc2scnc2c1. The maximum absolute atomic E-state index is 5.12. The van der Waals surface area contributed by atoms with Gasteiger partial charge in [-0.3, -0.25) is 0 Å². The van der Waals surface area contributed by atoms with Crippen LogP contribution in [-0.2, 0) is 0 Å². The Hall–Kier alpha value is -4.26. The van der Waals surface area contributed by atoms with Gasteiger partial charge in [-0.2, -0.15) is 0 Å². The molecule has 0 saturated carbocycles. The van der Waals surface area contributed by atoms with Crippen molar-refractivity contribution in [3.05, 3.63) is 133 Å². The highest BCUT2D eigenvalue weighted by Gasteiger charge is 1.92. The zero-order chi connectivity index (χ0) is 24.4. The lowest BCUT2D eigenvalue weighted by molar-refractivity contribution is 0.602. The molecule has 0 aliphatic rings. The summed E-state index contributed by atoms with van der Waals surface area (Å²) >= 11 is 3.46. The van der Waals surface area contributed by atoms with Crippen molar-refractivity contribution in [1.82, 2.24) is 9.97 Å². The number of hydrogen-bond donors (Lipinski definition) is 0. The molecule has 0 N–H and O–H groups in total. The topological polar surface area (TPSA) is 52.1 Å². The highest BCUT2D eigenvalue weighted by Crippen LogP contribution is 2.19. The fourth-order valence-electron chi connectivity index (χ4n) is 3.42. The number of aromatic nitrogens is 2. The highest BCUT2D eigenvalue weighted by atomic mass is 32.1. The zero-order valence-electron chi connectivity index (χ0n) is 19.2. The van der Waals surface area contributed by atoms with Crippen molar-refractivity contribution in [2.45, 2.75) is 0 Å². The zero-order valence-corrected chi connectivity index (χ0v) is 20.9. The number of thiophene rings is 1.